The van der Waals surface area contributed by atoms with Crippen LogP contribution in [0.15, 0.2) is 54.6 Å². The standard InChI is InChI=1S/C25H31N5O/c1-17(18-9-5-4-6-10-18)26-24(31)19-13-15-20(16-14-19)27-25-28-22-12-8-7-11-21(22)23(29-25)30(2)3/h4-12,17,19-20H,13-16H2,1-3H3,(H,26,31)(H,27,28,29)/t17-,19-,20+/m1/s1. The van der Waals surface area contributed by atoms with E-state index in [1.54, 1.807) is 0 Å². The van der Waals surface area contributed by atoms with Crippen molar-refractivity contribution >= 4 is 28.6 Å². The van der Waals surface area contributed by atoms with E-state index in [4.69, 9.17) is 9.97 Å². The lowest BCUT2D eigenvalue weighted by molar-refractivity contribution is -0.126. The molecule has 31 heavy (non-hydrogen) atoms. The molecule has 6 heteroatoms. The number of benzene rings is 2. The van der Waals surface area contributed by atoms with Gasteiger partial charge in [0.25, 0.3) is 0 Å². The molecule has 1 amide bonds. The van der Waals surface area contributed by atoms with Crippen molar-refractivity contribution in [3.8, 4) is 0 Å². The summed E-state index contributed by atoms with van der Waals surface area (Å²) in [6.45, 7) is 2.04. The summed E-state index contributed by atoms with van der Waals surface area (Å²) < 4.78 is 0. The number of hydrogen-bond acceptors (Lipinski definition) is 5. The number of hydrogen-bond donors (Lipinski definition) is 2. The molecule has 1 atom stereocenters. The minimum Gasteiger partial charge on any atom is -0.362 e. The highest BCUT2D eigenvalue weighted by Crippen LogP contribution is 2.29. The van der Waals surface area contributed by atoms with Crippen LogP contribution in [0.1, 0.15) is 44.2 Å². The Kier molecular flexibility index (Phi) is 6.35. The average Bonchev–Trinajstić information content (AvgIpc) is 2.79. The molecule has 1 heterocycles. The van der Waals surface area contributed by atoms with Crippen molar-refractivity contribution in [2.45, 2.75) is 44.7 Å². The first-order valence-corrected chi connectivity index (χ1v) is 11.1. The summed E-state index contributed by atoms with van der Waals surface area (Å²) in [5.41, 5.74) is 2.07. The van der Waals surface area contributed by atoms with Crippen LogP contribution in [0.4, 0.5) is 11.8 Å². The quantitative estimate of drug-likeness (QED) is 0.616. The Balaban J connectivity index is 1.35. The molecule has 2 N–H and O–H groups in total. The summed E-state index contributed by atoms with van der Waals surface area (Å²) in [6.07, 6.45) is 3.62. The third kappa shape index (κ3) is 4.95. The van der Waals surface area contributed by atoms with E-state index in [0.29, 0.717) is 5.95 Å². The first kappa shape index (κ1) is 21.1. The van der Waals surface area contributed by atoms with Gasteiger partial charge in [-0.1, -0.05) is 42.5 Å². The summed E-state index contributed by atoms with van der Waals surface area (Å²) in [4.78, 5) is 24.2. The molecule has 1 aliphatic carbocycles. The van der Waals surface area contributed by atoms with E-state index in [1.165, 1.54) is 0 Å². The lowest BCUT2D eigenvalue weighted by Crippen LogP contribution is -2.37. The van der Waals surface area contributed by atoms with E-state index in [-0.39, 0.29) is 23.9 Å². The second kappa shape index (κ2) is 9.33. The largest absolute Gasteiger partial charge is 0.362 e. The molecule has 0 bridgehead atoms. The van der Waals surface area contributed by atoms with Crippen LogP contribution in [-0.4, -0.2) is 36.0 Å². The SMILES string of the molecule is C[C@@H](NC(=O)[C@H]1CC[C@@H](Nc2nc(N(C)C)c3ccccc3n2)CC1)c1ccccc1. The fraction of sp³-hybridized carbons (Fsp3) is 0.400. The van der Waals surface area contributed by atoms with Gasteiger partial charge in [-0.15, -0.1) is 0 Å². The summed E-state index contributed by atoms with van der Waals surface area (Å²) in [5.74, 6) is 1.80. The maximum Gasteiger partial charge on any atom is 0.225 e. The van der Waals surface area contributed by atoms with Gasteiger partial charge in [-0.05, 0) is 50.3 Å². The van der Waals surface area contributed by atoms with Crippen molar-refractivity contribution < 1.29 is 4.79 Å². The van der Waals surface area contributed by atoms with Gasteiger partial charge in [-0.25, -0.2) is 4.98 Å². The molecule has 162 valence electrons. The Morgan fingerprint density at radius 3 is 2.35 bits per heavy atom. The molecule has 6 nitrogen and oxygen atoms in total. The van der Waals surface area contributed by atoms with Gasteiger partial charge in [0.05, 0.1) is 11.6 Å². The van der Waals surface area contributed by atoms with Crippen molar-refractivity contribution in [1.29, 1.82) is 0 Å². The van der Waals surface area contributed by atoms with Crippen LogP contribution in [0, 0.1) is 5.92 Å². The van der Waals surface area contributed by atoms with Crippen molar-refractivity contribution in [1.82, 2.24) is 15.3 Å². The van der Waals surface area contributed by atoms with E-state index in [9.17, 15) is 4.79 Å². The highest BCUT2D eigenvalue weighted by Gasteiger charge is 2.27. The Morgan fingerprint density at radius 1 is 0.968 bits per heavy atom. The van der Waals surface area contributed by atoms with Gasteiger partial charge in [0, 0.05) is 31.4 Å². The Morgan fingerprint density at radius 2 is 1.65 bits per heavy atom. The Bertz CT molecular complexity index is 1030. The maximum atomic E-state index is 12.8. The topological polar surface area (TPSA) is 70.2 Å². The van der Waals surface area contributed by atoms with E-state index >= 15 is 0 Å². The lowest BCUT2D eigenvalue weighted by atomic mass is 9.85. The van der Waals surface area contributed by atoms with Crippen molar-refractivity contribution in [2.24, 2.45) is 5.92 Å². The number of carbonyl (C=O) groups excluding carboxylic acids is 1. The number of para-hydroxylation sites is 1. The van der Waals surface area contributed by atoms with Gasteiger partial charge in [0.2, 0.25) is 11.9 Å². The number of carbonyl (C=O) groups is 1. The lowest BCUT2D eigenvalue weighted by Gasteiger charge is -2.29. The second-order valence-electron chi connectivity index (χ2n) is 8.62. The number of nitrogens with zero attached hydrogens (tertiary/aromatic N) is 3. The van der Waals surface area contributed by atoms with Crippen LogP contribution in [-0.2, 0) is 4.79 Å². The first-order chi connectivity index (χ1) is 15.0. The van der Waals surface area contributed by atoms with Crippen LogP contribution in [0.5, 0.6) is 0 Å². The Hall–Kier alpha value is -3.15. The zero-order valence-corrected chi connectivity index (χ0v) is 18.5. The van der Waals surface area contributed by atoms with Crippen LogP contribution in [0.25, 0.3) is 10.9 Å². The first-order valence-electron chi connectivity index (χ1n) is 11.1. The van der Waals surface area contributed by atoms with Gasteiger partial charge >= 0.3 is 0 Å². The second-order valence-corrected chi connectivity index (χ2v) is 8.62. The minimum atomic E-state index is 0.0278. The fourth-order valence-corrected chi connectivity index (χ4v) is 4.30. The summed E-state index contributed by atoms with van der Waals surface area (Å²) in [7, 11) is 4.00. The molecule has 0 radical (unpaired) electrons. The Labute approximate surface area is 184 Å². The summed E-state index contributed by atoms with van der Waals surface area (Å²) in [6, 6.07) is 18.5. The molecule has 1 fully saturated rings. The van der Waals surface area contributed by atoms with Crippen LogP contribution in [0.2, 0.25) is 0 Å². The van der Waals surface area contributed by atoms with E-state index < -0.39 is 0 Å². The van der Waals surface area contributed by atoms with E-state index in [2.05, 4.69) is 28.8 Å². The normalized spacial score (nSPS) is 19.6. The van der Waals surface area contributed by atoms with Gasteiger partial charge < -0.3 is 15.5 Å². The molecular formula is C25H31N5O. The molecule has 4 rings (SSSR count). The molecule has 2 aromatic carbocycles. The van der Waals surface area contributed by atoms with Crippen LogP contribution in [0.3, 0.4) is 0 Å². The number of nitrogens with one attached hydrogen (secondary N) is 2. The zero-order valence-electron chi connectivity index (χ0n) is 18.5. The fourth-order valence-electron chi connectivity index (χ4n) is 4.30. The summed E-state index contributed by atoms with van der Waals surface area (Å²) in [5, 5.41) is 7.74. The number of amides is 1. The summed E-state index contributed by atoms with van der Waals surface area (Å²) >= 11 is 0. The molecule has 1 aromatic heterocycles. The highest BCUT2D eigenvalue weighted by molar-refractivity contribution is 5.90. The molecule has 1 saturated carbocycles. The number of rotatable bonds is 6. The van der Waals surface area contributed by atoms with E-state index in [0.717, 1.165) is 48.0 Å². The molecule has 0 aliphatic heterocycles. The van der Waals surface area contributed by atoms with Crippen molar-refractivity contribution in [2.75, 3.05) is 24.3 Å². The maximum absolute atomic E-state index is 12.8. The van der Waals surface area contributed by atoms with Gasteiger partial charge in [0.15, 0.2) is 0 Å². The third-order valence-electron chi connectivity index (χ3n) is 6.10. The van der Waals surface area contributed by atoms with Crippen molar-refractivity contribution in [3.05, 3.63) is 60.2 Å². The van der Waals surface area contributed by atoms with E-state index in [1.807, 2.05) is 62.3 Å². The predicted octanol–water partition coefficient (Wildman–Crippen LogP) is 4.54. The van der Waals surface area contributed by atoms with Gasteiger partial charge in [-0.2, -0.15) is 4.98 Å². The molecule has 0 saturated heterocycles. The highest BCUT2D eigenvalue weighted by atomic mass is 16.1. The zero-order chi connectivity index (χ0) is 21.8. The van der Waals surface area contributed by atoms with Gasteiger partial charge in [-0.3, -0.25) is 4.79 Å². The third-order valence-corrected chi connectivity index (χ3v) is 6.10. The molecular weight excluding hydrogens is 386 g/mol. The minimum absolute atomic E-state index is 0.0278. The molecule has 3 aromatic rings. The number of fused-ring (bicyclic) bond motifs is 1. The van der Waals surface area contributed by atoms with Crippen LogP contribution < -0.4 is 15.5 Å². The molecule has 0 unspecified atom stereocenters. The number of anilines is 2. The molecule has 1 aliphatic rings. The van der Waals surface area contributed by atoms with Crippen molar-refractivity contribution in [3.63, 3.8) is 0 Å². The predicted molar refractivity (Wildman–Crippen MR) is 126 cm³/mol. The number of aromatic nitrogens is 2. The van der Waals surface area contributed by atoms with Crippen LogP contribution >= 0.6 is 0 Å². The molecule has 0 spiro atoms. The monoisotopic (exact) mass is 417 g/mol. The van der Waals surface area contributed by atoms with Gasteiger partial charge in [0.1, 0.15) is 5.82 Å². The smallest absolute Gasteiger partial charge is 0.225 e. The average molecular weight is 418 g/mol.